The first-order valence-corrected chi connectivity index (χ1v) is 9.90. The van der Waals surface area contributed by atoms with Crippen molar-refractivity contribution in [2.75, 3.05) is 44.2 Å². The predicted octanol–water partition coefficient (Wildman–Crippen LogP) is 2.92. The Morgan fingerprint density at radius 3 is 2.23 bits per heavy atom. The predicted molar refractivity (Wildman–Crippen MR) is 106 cm³/mol. The molecular formula is C20H26ClN5. The molecule has 2 fully saturated rings. The highest BCUT2D eigenvalue weighted by molar-refractivity contribution is 6.29. The van der Waals surface area contributed by atoms with Gasteiger partial charge in [-0.05, 0) is 43.6 Å². The fourth-order valence-electron chi connectivity index (χ4n) is 4.08. The van der Waals surface area contributed by atoms with E-state index in [1.807, 2.05) is 12.1 Å². The van der Waals surface area contributed by atoms with Crippen LogP contribution in [0.1, 0.15) is 18.4 Å². The Hall–Kier alpha value is -1.69. The Kier molecular flexibility index (Phi) is 5.68. The van der Waals surface area contributed by atoms with Gasteiger partial charge in [-0.25, -0.2) is 0 Å². The van der Waals surface area contributed by atoms with Gasteiger partial charge in [0.1, 0.15) is 0 Å². The highest BCUT2D eigenvalue weighted by Gasteiger charge is 2.27. The standard InChI is InChI=1S/C20H26ClN5/c21-19-6-7-20(23-22-19)26-14-12-25(13-15-26)18-8-10-24(11-9-18)16-17-4-2-1-3-5-17/h1-7,18H,8-16H2. The van der Waals surface area contributed by atoms with Gasteiger partial charge in [-0.2, -0.15) is 0 Å². The van der Waals surface area contributed by atoms with Crippen LogP contribution < -0.4 is 4.90 Å². The first kappa shape index (κ1) is 17.7. The highest BCUT2D eigenvalue weighted by Crippen LogP contribution is 2.21. The third-order valence-corrected chi connectivity index (χ3v) is 5.78. The van der Waals surface area contributed by atoms with Crippen molar-refractivity contribution in [2.45, 2.75) is 25.4 Å². The minimum absolute atomic E-state index is 0.453. The van der Waals surface area contributed by atoms with Crippen LogP contribution in [-0.4, -0.2) is 65.3 Å². The maximum Gasteiger partial charge on any atom is 0.151 e. The quantitative estimate of drug-likeness (QED) is 0.825. The van der Waals surface area contributed by atoms with Crippen LogP contribution in [0.15, 0.2) is 42.5 Å². The van der Waals surface area contributed by atoms with Crippen LogP contribution in [-0.2, 0) is 6.54 Å². The number of likely N-dealkylation sites (tertiary alicyclic amines) is 1. The fourth-order valence-corrected chi connectivity index (χ4v) is 4.18. The van der Waals surface area contributed by atoms with Crippen molar-refractivity contribution >= 4 is 17.4 Å². The van der Waals surface area contributed by atoms with Crippen LogP contribution >= 0.6 is 11.6 Å². The first-order valence-electron chi connectivity index (χ1n) is 9.52. The molecule has 5 nitrogen and oxygen atoms in total. The summed E-state index contributed by atoms with van der Waals surface area (Å²) in [6.07, 6.45) is 2.54. The van der Waals surface area contributed by atoms with Crippen LogP contribution in [0.3, 0.4) is 0 Å². The minimum Gasteiger partial charge on any atom is -0.353 e. The lowest BCUT2D eigenvalue weighted by atomic mass is 10.0. The lowest BCUT2D eigenvalue weighted by Crippen LogP contribution is -2.53. The van der Waals surface area contributed by atoms with Gasteiger partial charge in [0.15, 0.2) is 11.0 Å². The number of aromatic nitrogens is 2. The largest absolute Gasteiger partial charge is 0.353 e. The van der Waals surface area contributed by atoms with E-state index < -0.39 is 0 Å². The maximum absolute atomic E-state index is 5.83. The maximum atomic E-state index is 5.83. The molecule has 1 aromatic heterocycles. The summed E-state index contributed by atoms with van der Waals surface area (Å²) in [5.74, 6) is 0.937. The zero-order chi connectivity index (χ0) is 17.8. The number of nitrogens with zero attached hydrogens (tertiary/aromatic N) is 5. The number of benzene rings is 1. The van der Waals surface area contributed by atoms with E-state index in [-0.39, 0.29) is 0 Å². The fraction of sp³-hybridized carbons (Fsp3) is 0.500. The number of anilines is 1. The second-order valence-electron chi connectivity index (χ2n) is 7.23. The Labute approximate surface area is 160 Å². The van der Waals surface area contributed by atoms with Gasteiger partial charge < -0.3 is 4.90 Å². The molecule has 0 atom stereocenters. The Balaban J connectivity index is 1.24. The van der Waals surface area contributed by atoms with Crippen molar-refractivity contribution in [1.82, 2.24) is 20.0 Å². The molecule has 0 bridgehead atoms. The number of hydrogen-bond donors (Lipinski definition) is 0. The molecule has 0 aliphatic carbocycles. The van der Waals surface area contributed by atoms with Crippen molar-refractivity contribution < 1.29 is 0 Å². The number of hydrogen-bond acceptors (Lipinski definition) is 5. The molecule has 6 heteroatoms. The number of halogens is 1. The Morgan fingerprint density at radius 1 is 0.846 bits per heavy atom. The summed E-state index contributed by atoms with van der Waals surface area (Å²) in [4.78, 5) is 7.56. The molecular weight excluding hydrogens is 346 g/mol. The molecule has 3 heterocycles. The molecule has 2 aromatic rings. The van der Waals surface area contributed by atoms with Crippen molar-refractivity contribution in [3.05, 3.63) is 53.2 Å². The summed E-state index contributed by atoms with van der Waals surface area (Å²) in [5, 5.41) is 8.62. The van der Waals surface area contributed by atoms with Gasteiger partial charge in [-0.3, -0.25) is 9.80 Å². The minimum atomic E-state index is 0.453. The molecule has 2 aliphatic rings. The summed E-state index contributed by atoms with van der Waals surface area (Å²) < 4.78 is 0. The smallest absolute Gasteiger partial charge is 0.151 e. The lowest BCUT2D eigenvalue weighted by molar-refractivity contribution is 0.0997. The zero-order valence-electron chi connectivity index (χ0n) is 15.1. The zero-order valence-corrected chi connectivity index (χ0v) is 15.9. The number of rotatable bonds is 4. The molecule has 0 saturated carbocycles. The average molecular weight is 372 g/mol. The second-order valence-corrected chi connectivity index (χ2v) is 7.62. The molecule has 0 unspecified atom stereocenters. The molecule has 4 rings (SSSR count). The van der Waals surface area contributed by atoms with Gasteiger partial charge in [0.25, 0.3) is 0 Å². The first-order chi connectivity index (χ1) is 12.8. The summed E-state index contributed by atoms with van der Waals surface area (Å²) in [7, 11) is 0. The third-order valence-electron chi connectivity index (χ3n) is 5.58. The molecule has 26 heavy (non-hydrogen) atoms. The van der Waals surface area contributed by atoms with Gasteiger partial charge in [0, 0.05) is 38.8 Å². The summed E-state index contributed by atoms with van der Waals surface area (Å²) >= 11 is 5.83. The molecule has 2 aliphatic heterocycles. The summed E-state index contributed by atoms with van der Waals surface area (Å²) in [6.45, 7) is 7.71. The number of piperidine rings is 1. The van der Waals surface area contributed by atoms with Crippen LogP contribution in [0.4, 0.5) is 5.82 Å². The average Bonchev–Trinajstić information content (AvgIpc) is 2.70. The van der Waals surface area contributed by atoms with Crippen molar-refractivity contribution in [1.29, 1.82) is 0 Å². The molecule has 1 aromatic carbocycles. The molecule has 0 radical (unpaired) electrons. The van der Waals surface area contributed by atoms with Gasteiger partial charge in [0.2, 0.25) is 0 Å². The summed E-state index contributed by atoms with van der Waals surface area (Å²) in [6, 6.07) is 15.3. The van der Waals surface area contributed by atoms with Crippen LogP contribution in [0, 0.1) is 0 Å². The van der Waals surface area contributed by atoms with E-state index in [0.717, 1.165) is 44.6 Å². The summed E-state index contributed by atoms with van der Waals surface area (Å²) in [5.41, 5.74) is 1.42. The van der Waals surface area contributed by atoms with Gasteiger partial charge in [-0.1, -0.05) is 41.9 Å². The van der Waals surface area contributed by atoms with E-state index in [0.29, 0.717) is 5.15 Å². The monoisotopic (exact) mass is 371 g/mol. The highest BCUT2D eigenvalue weighted by atomic mass is 35.5. The molecule has 0 amide bonds. The second kappa shape index (κ2) is 8.33. The van der Waals surface area contributed by atoms with Crippen molar-refractivity contribution in [3.63, 3.8) is 0 Å². The lowest BCUT2D eigenvalue weighted by Gasteiger charge is -2.43. The van der Waals surface area contributed by atoms with E-state index in [2.05, 4.69) is 55.2 Å². The Morgan fingerprint density at radius 2 is 1.58 bits per heavy atom. The van der Waals surface area contributed by atoms with Crippen molar-refractivity contribution in [2.24, 2.45) is 0 Å². The van der Waals surface area contributed by atoms with Gasteiger partial charge >= 0.3 is 0 Å². The van der Waals surface area contributed by atoms with E-state index in [1.54, 1.807) is 0 Å². The van der Waals surface area contributed by atoms with E-state index in [4.69, 9.17) is 11.6 Å². The van der Waals surface area contributed by atoms with Crippen LogP contribution in [0.5, 0.6) is 0 Å². The topological polar surface area (TPSA) is 35.5 Å². The number of piperazine rings is 1. The third kappa shape index (κ3) is 4.34. The van der Waals surface area contributed by atoms with Crippen LogP contribution in [0.25, 0.3) is 0 Å². The molecule has 138 valence electrons. The SMILES string of the molecule is Clc1ccc(N2CCN(C3CCN(Cc4ccccc4)CC3)CC2)nn1. The van der Waals surface area contributed by atoms with E-state index in [1.165, 1.54) is 31.5 Å². The van der Waals surface area contributed by atoms with E-state index >= 15 is 0 Å². The molecule has 2 saturated heterocycles. The Bertz CT molecular complexity index is 677. The van der Waals surface area contributed by atoms with Gasteiger partial charge in [0.05, 0.1) is 0 Å². The normalized spacial score (nSPS) is 20.4. The van der Waals surface area contributed by atoms with E-state index in [9.17, 15) is 0 Å². The van der Waals surface area contributed by atoms with Gasteiger partial charge in [-0.15, -0.1) is 10.2 Å². The molecule has 0 N–H and O–H groups in total. The van der Waals surface area contributed by atoms with Crippen molar-refractivity contribution in [3.8, 4) is 0 Å². The van der Waals surface area contributed by atoms with Crippen LogP contribution in [0.2, 0.25) is 5.15 Å². The molecule has 0 spiro atoms.